The highest BCUT2D eigenvalue weighted by Gasteiger charge is 2.30. The van der Waals surface area contributed by atoms with Gasteiger partial charge in [-0.2, -0.15) is 0 Å². The van der Waals surface area contributed by atoms with Crippen molar-refractivity contribution in [3.8, 4) is 17.2 Å². The number of ether oxygens (including phenoxy) is 2. The Morgan fingerprint density at radius 3 is 2.15 bits per heavy atom. The predicted octanol–water partition coefficient (Wildman–Crippen LogP) is 4.47. The molecule has 2 rings (SSSR count). The van der Waals surface area contributed by atoms with Crippen LogP contribution in [-0.2, 0) is 0 Å². The molecule has 0 aliphatic heterocycles. The molecule has 1 heterocycles. The van der Waals surface area contributed by atoms with Crippen molar-refractivity contribution in [2.24, 2.45) is 0 Å². The molecule has 20 heavy (non-hydrogen) atoms. The van der Waals surface area contributed by atoms with Crippen LogP contribution in [0.3, 0.4) is 0 Å². The van der Waals surface area contributed by atoms with Crippen molar-refractivity contribution >= 4 is 23.2 Å². The SMILES string of the molecule is FC(F)(F)Oc1ccc(Oc2cc(Cl)nnc2Cl)cc1. The minimum atomic E-state index is -4.74. The van der Waals surface area contributed by atoms with Crippen molar-refractivity contribution < 1.29 is 22.6 Å². The van der Waals surface area contributed by atoms with Crippen molar-refractivity contribution in [1.29, 1.82) is 0 Å². The van der Waals surface area contributed by atoms with Crippen LogP contribution in [0.1, 0.15) is 0 Å². The van der Waals surface area contributed by atoms with Gasteiger partial charge in [-0.3, -0.25) is 0 Å². The lowest BCUT2D eigenvalue weighted by Crippen LogP contribution is -2.16. The summed E-state index contributed by atoms with van der Waals surface area (Å²) in [6.07, 6.45) is -4.74. The van der Waals surface area contributed by atoms with Crippen LogP contribution in [0.15, 0.2) is 30.3 Å². The molecule has 0 atom stereocenters. The molecule has 0 bridgehead atoms. The fourth-order valence-electron chi connectivity index (χ4n) is 1.25. The Labute approximate surface area is 121 Å². The van der Waals surface area contributed by atoms with Crippen molar-refractivity contribution in [1.82, 2.24) is 10.2 Å². The average Bonchev–Trinajstić information content (AvgIpc) is 2.34. The molecule has 0 aliphatic carbocycles. The second kappa shape index (κ2) is 5.72. The normalized spacial score (nSPS) is 11.2. The molecule has 0 aliphatic rings. The van der Waals surface area contributed by atoms with E-state index in [4.69, 9.17) is 27.9 Å². The fourth-order valence-corrected chi connectivity index (χ4v) is 1.51. The van der Waals surface area contributed by atoms with Crippen LogP contribution in [0.2, 0.25) is 10.3 Å². The largest absolute Gasteiger partial charge is 0.573 e. The zero-order valence-corrected chi connectivity index (χ0v) is 11.0. The lowest BCUT2D eigenvalue weighted by atomic mass is 10.3. The van der Waals surface area contributed by atoms with Gasteiger partial charge < -0.3 is 9.47 Å². The van der Waals surface area contributed by atoms with E-state index in [0.717, 1.165) is 12.1 Å². The molecular formula is C11H5Cl2F3N2O2. The summed E-state index contributed by atoms with van der Waals surface area (Å²) in [7, 11) is 0. The van der Waals surface area contributed by atoms with Crippen LogP contribution in [0.4, 0.5) is 13.2 Å². The first-order chi connectivity index (χ1) is 9.33. The zero-order chi connectivity index (χ0) is 14.8. The van der Waals surface area contributed by atoms with Gasteiger partial charge in [0, 0.05) is 6.07 Å². The third-order valence-electron chi connectivity index (χ3n) is 1.97. The Morgan fingerprint density at radius 1 is 0.950 bits per heavy atom. The number of nitrogens with zero attached hydrogens (tertiary/aromatic N) is 2. The molecule has 0 spiro atoms. The number of alkyl halides is 3. The van der Waals surface area contributed by atoms with Crippen LogP contribution < -0.4 is 9.47 Å². The summed E-state index contributed by atoms with van der Waals surface area (Å²) in [6.45, 7) is 0. The number of hydrogen-bond acceptors (Lipinski definition) is 4. The maximum Gasteiger partial charge on any atom is 0.573 e. The van der Waals surface area contributed by atoms with Gasteiger partial charge in [-0.1, -0.05) is 23.2 Å². The molecule has 9 heteroatoms. The van der Waals surface area contributed by atoms with Crippen LogP contribution >= 0.6 is 23.2 Å². The molecule has 1 aromatic heterocycles. The van der Waals surface area contributed by atoms with Gasteiger partial charge in [0.1, 0.15) is 11.5 Å². The number of benzene rings is 1. The second-order valence-corrected chi connectivity index (χ2v) is 4.19. The van der Waals surface area contributed by atoms with Gasteiger partial charge in [0.15, 0.2) is 16.1 Å². The maximum atomic E-state index is 12.0. The topological polar surface area (TPSA) is 44.2 Å². The lowest BCUT2D eigenvalue weighted by Gasteiger charge is -2.10. The highest BCUT2D eigenvalue weighted by atomic mass is 35.5. The summed E-state index contributed by atoms with van der Waals surface area (Å²) in [5.41, 5.74) is 0. The first-order valence-electron chi connectivity index (χ1n) is 5.06. The Balaban J connectivity index is 2.13. The molecule has 0 radical (unpaired) electrons. The van der Waals surface area contributed by atoms with Crippen molar-refractivity contribution in [2.45, 2.75) is 6.36 Å². The summed E-state index contributed by atoms with van der Waals surface area (Å²) in [5, 5.41) is 7.07. The smallest absolute Gasteiger partial charge is 0.454 e. The molecule has 106 valence electrons. The zero-order valence-electron chi connectivity index (χ0n) is 9.49. The van der Waals surface area contributed by atoms with Gasteiger partial charge in [0.2, 0.25) is 0 Å². The van der Waals surface area contributed by atoms with E-state index in [-0.39, 0.29) is 27.6 Å². The molecule has 0 saturated carbocycles. The lowest BCUT2D eigenvalue weighted by molar-refractivity contribution is -0.274. The van der Waals surface area contributed by atoms with Gasteiger partial charge in [-0.25, -0.2) is 0 Å². The molecule has 0 fully saturated rings. The van der Waals surface area contributed by atoms with E-state index < -0.39 is 6.36 Å². The maximum absolute atomic E-state index is 12.0. The Kier molecular flexibility index (Phi) is 4.20. The van der Waals surface area contributed by atoms with Crippen LogP contribution in [-0.4, -0.2) is 16.6 Å². The fraction of sp³-hybridized carbons (Fsp3) is 0.0909. The molecule has 0 saturated heterocycles. The van der Waals surface area contributed by atoms with E-state index in [1.54, 1.807) is 0 Å². The van der Waals surface area contributed by atoms with E-state index in [9.17, 15) is 13.2 Å². The monoisotopic (exact) mass is 324 g/mol. The van der Waals surface area contributed by atoms with Crippen LogP contribution in [0, 0.1) is 0 Å². The third-order valence-corrected chi connectivity index (χ3v) is 2.42. The molecular weight excluding hydrogens is 320 g/mol. The Bertz CT molecular complexity index is 606. The van der Waals surface area contributed by atoms with Crippen LogP contribution in [0.25, 0.3) is 0 Å². The molecule has 0 N–H and O–H groups in total. The van der Waals surface area contributed by atoms with E-state index >= 15 is 0 Å². The van der Waals surface area contributed by atoms with E-state index in [1.165, 1.54) is 18.2 Å². The third kappa shape index (κ3) is 4.14. The minimum absolute atomic E-state index is 0.0231. The van der Waals surface area contributed by atoms with Gasteiger partial charge in [-0.15, -0.1) is 23.4 Å². The van der Waals surface area contributed by atoms with Gasteiger partial charge in [0.25, 0.3) is 0 Å². The van der Waals surface area contributed by atoms with Gasteiger partial charge in [0.05, 0.1) is 0 Å². The second-order valence-electron chi connectivity index (χ2n) is 3.44. The van der Waals surface area contributed by atoms with Crippen molar-refractivity contribution in [3.63, 3.8) is 0 Å². The summed E-state index contributed by atoms with van der Waals surface area (Å²) >= 11 is 11.4. The molecule has 1 aromatic carbocycles. The first-order valence-corrected chi connectivity index (χ1v) is 5.81. The minimum Gasteiger partial charge on any atom is -0.454 e. The van der Waals surface area contributed by atoms with E-state index in [2.05, 4.69) is 14.9 Å². The standard InChI is InChI=1S/C11H5Cl2F3N2O2/c12-9-5-8(10(13)18-17-9)19-6-1-3-7(4-2-6)20-11(14,15)16/h1-5H. The Morgan fingerprint density at radius 2 is 1.55 bits per heavy atom. The first kappa shape index (κ1) is 14.7. The molecule has 0 unspecified atom stereocenters. The van der Waals surface area contributed by atoms with E-state index in [1.807, 2.05) is 0 Å². The van der Waals surface area contributed by atoms with Crippen LogP contribution in [0.5, 0.6) is 17.2 Å². The van der Waals surface area contributed by atoms with E-state index in [0.29, 0.717) is 0 Å². The number of rotatable bonds is 3. The predicted molar refractivity (Wildman–Crippen MR) is 65.3 cm³/mol. The summed E-state index contributed by atoms with van der Waals surface area (Å²) in [6, 6.07) is 6.11. The summed E-state index contributed by atoms with van der Waals surface area (Å²) < 4.78 is 45.0. The number of hydrogen-bond donors (Lipinski definition) is 0. The van der Waals surface area contributed by atoms with Gasteiger partial charge in [-0.05, 0) is 24.3 Å². The number of halogens is 5. The number of aromatic nitrogens is 2. The van der Waals surface area contributed by atoms with Crippen molar-refractivity contribution in [2.75, 3.05) is 0 Å². The highest BCUT2D eigenvalue weighted by molar-refractivity contribution is 6.32. The molecule has 2 aromatic rings. The molecule has 0 amide bonds. The molecule has 4 nitrogen and oxygen atoms in total. The summed E-state index contributed by atoms with van der Waals surface area (Å²) in [4.78, 5) is 0. The summed E-state index contributed by atoms with van der Waals surface area (Å²) in [5.74, 6) is 0.0171. The average molecular weight is 325 g/mol. The highest BCUT2D eigenvalue weighted by Crippen LogP contribution is 2.30. The van der Waals surface area contributed by atoms with Crippen molar-refractivity contribution in [3.05, 3.63) is 40.6 Å². The Hall–Kier alpha value is -1.73. The van der Waals surface area contributed by atoms with Gasteiger partial charge >= 0.3 is 6.36 Å². The quantitative estimate of drug-likeness (QED) is 0.835.